The van der Waals surface area contributed by atoms with Crippen LogP contribution in [0.15, 0.2) is 36.5 Å². The smallest absolute Gasteiger partial charge is 0.251 e. The van der Waals surface area contributed by atoms with E-state index in [1.54, 1.807) is 4.80 Å². The maximum Gasteiger partial charge on any atom is 0.251 e. The molecule has 0 bridgehead atoms. The van der Waals surface area contributed by atoms with Crippen molar-refractivity contribution in [1.82, 2.24) is 24.8 Å². The van der Waals surface area contributed by atoms with Gasteiger partial charge >= 0.3 is 0 Å². The second-order valence-corrected chi connectivity index (χ2v) is 6.56. The van der Waals surface area contributed by atoms with Crippen LogP contribution in [0, 0.1) is 0 Å². The average molecular weight is 341 g/mol. The van der Waals surface area contributed by atoms with Gasteiger partial charge in [-0.25, -0.2) is 0 Å². The maximum atomic E-state index is 12.4. The Morgan fingerprint density at radius 1 is 1.16 bits per heavy atom. The number of ether oxygens (including phenoxy) is 1. The van der Waals surface area contributed by atoms with Gasteiger partial charge in [0.15, 0.2) is 0 Å². The number of piperazine rings is 1. The minimum absolute atomic E-state index is 0.159. The second kappa shape index (κ2) is 7.33. The van der Waals surface area contributed by atoms with E-state index in [4.69, 9.17) is 4.74 Å². The summed E-state index contributed by atoms with van der Waals surface area (Å²) >= 11 is 0. The average Bonchev–Trinajstić information content (AvgIpc) is 3.35. The number of aromatic nitrogens is 3. The highest BCUT2D eigenvalue weighted by Gasteiger charge is 2.30. The summed E-state index contributed by atoms with van der Waals surface area (Å²) in [4.78, 5) is 18.3. The lowest BCUT2D eigenvalue weighted by Crippen LogP contribution is -2.51. The number of nitrogens with zero attached hydrogens (tertiary/aromatic N) is 5. The third kappa shape index (κ3) is 3.72. The van der Waals surface area contributed by atoms with Crippen molar-refractivity contribution in [3.8, 4) is 5.69 Å². The molecule has 0 saturated carbocycles. The number of hydrogen-bond donors (Lipinski definition) is 0. The number of hydrogen-bond acceptors (Lipinski definition) is 5. The fourth-order valence-electron chi connectivity index (χ4n) is 3.38. The van der Waals surface area contributed by atoms with E-state index in [1.807, 2.05) is 41.4 Å². The standard InChI is InChI=1S/C18H23N5O2/c24-18(17-7-4-12-25-17)22-10-8-21(9-11-22)14-15-13-19-23(20-15)16-5-2-1-3-6-16/h1-3,5-6,13,17H,4,7-12,14H2. The van der Waals surface area contributed by atoms with Crippen molar-refractivity contribution in [3.63, 3.8) is 0 Å². The third-order valence-corrected chi connectivity index (χ3v) is 4.80. The molecular weight excluding hydrogens is 318 g/mol. The molecule has 2 saturated heterocycles. The van der Waals surface area contributed by atoms with Gasteiger partial charge in [0.2, 0.25) is 0 Å². The lowest BCUT2D eigenvalue weighted by Gasteiger charge is -2.35. The van der Waals surface area contributed by atoms with Gasteiger partial charge in [-0.05, 0) is 25.0 Å². The number of carbonyl (C=O) groups excluding carboxylic acids is 1. The van der Waals surface area contributed by atoms with Gasteiger partial charge in [-0.1, -0.05) is 18.2 Å². The number of para-hydroxylation sites is 1. The van der Waals surface area contributed by atoms with Crippen molar-refractivity contribution < 1.29 is 9.53 Å². The van der Waals surface area contributed by atoms with Gasteiger partial charge in [0.1, 0.15) is 6.10 Å². The fourth-order valence-corrected chi connectivity index (χ4v) is 3.38. The van der Waals surface area contributed by atoms with E-state index < -0.39 is 0 Å². The molecule has 0 radical (unpaired) electrons. The van der Waals surface area contributed by atoms with Crippen LogP contribution in [0.2, 0.25) is 0 Å². The zero-order valence-electron chi connectivity index (χ0n) is 14.3. The summed E-state index contributed by atoms with van der Waals surface area (Å²) in [6, 6.07) is 9.90. The Hall–Kier alpha value is -2.25. The van der Waals surface area contributed by atoms with Crippen molar-refractivity contribution in [2.24, 2.45) is 0 Å². The van der Waals surface area contributed by atoms with Crippen LogP contribution < -0.4 is 0 Å². The summed E-state index contributed by atoms with van der Waals surface area (Å²) in [6.45, 7) is 4.70. The van der Waals surface area contributed by atoms with Gasteiger partial charge in [0, 0.05) is 39.3 Å². The summed E-state index contributed by atoms with van der Waals surface area (Å²) in [6.07, 6.45) is 3.46. The third-order valence-electron chi connectivity index (χ3n) is 4.80. The van der Waals surface area contributed by atoms with E-state index in [9.17, 15) is 4.79 Å². The highest BCUT2D eigenvalue weighted by atomic mass is 16.5. The Balaban J connectivity index is 1.30. The summed E-state index contributed by atoms with van der Waals surface area (Å²) in [5, 5.41) is 8.90. The molecule has 0 N–H and O–H groups in total. The van der Waals surface area contributed by atoms with E-state index in [1.165, 1.54) is 0 Å². The van der Waals surface area contributed by atoms with E-state index in [0.717, 1.165) is 56.9 Å². The Labute approximate surface area is 147 Å². The number of carbonyl (C=O) groups is 1. The summed E-state index contributed by atoms with van der Waals surface area (Å²) < 4.78 is 5.51. The van der Waals surface area contributed by atoms with Crippen LogP contribution in [0.25, 0.3) is 5.69 Å². The lowest BCUT2D eigenvalue weighted by atomic mass is 10.2. The van der Waals surface area contributed by atoms with Gasteiger partial charge in [-0.2, -0.15) is 15.0 Å². The lowest BCUT2D eigenvalue weighted by molar-refractivity contribution is -0.142. The van der Waals surface area contributed by atoms with Crippen molar-refractivity contribution in [1.29, 1.82) is 0 Å². The van der Waals surface area contributed by atoms with Crippen molar-refractivity contribution in [2.75, 3.05) is 32.8 Å². The first-order valence-electron chi connectivity index (χ1n) is 8.89. The van der Waals surface area contributed by atoms with E-state index >= 15 is 0 Å². The SMILES string of the molecule is O=C(C1CCCO1)N1CCN(Cc2cnn(-c3ccccc3)n2)CC1. The number of benzene rings is 1. The molecule has 2 aromatic rings. The van der Waals surface area contributed by atoms with Gasteiger partial charge < -0.3 is 9.64 Å². The van der Waals surface area contributed by atoms with Crippen LogP contribution >= 0.6 is 0 Å². The molecule has 2 aliphatic rings. The number of amides is 1. The molecule has 25 heavy (non-hydrogen) atoms. The monoisotopic (exact) mass is 341 g/mol. The van der Waals surface area contributed by atoms with Crippen molar-refractivity contribution >= 4 is 5.91 Å². The van der Waals surface area contributed by atoms with Crippen molar-refractivity contribution in [2.45, 2.75) is 25.5 Å². The van der Waals surface area contributed by atoms with Gasteiger partial charge in [0.25, 0.3) is 5.91 Å². The first-order chi connectivity index (χ1) is 12.3. The van der Waals surface area contributed by atoms with Crippen LogP contribution in [0.1, 0.15) is 18.5 Å². The van der Waals surface area contributed by atoms with Gasteiger partial charge in [0.05, 0.1) is 17.6 Å². The van der Waals surface area contributed by atoms with Crippen LogP contribution in [-0.4, -0.2) is 69.6 Å². The molecular formula is C18H23N5O2. The molecule has 1 amide bonds. The first-order valence-corrected chi connectivity index (χ1v) is 8.89. The van der Waals surface area contributed by atoms with E-state index in [2.05, 4.69) is 15.1 Å². The van der Waals surface area contributed by atoms with Crippen LogP contribution in [0.5, 0.6) is 0 Å². The molecule has 0 aliphatic carbocycles. The molecule has 1 unspecified atom stereocenters. The predicted molar refractivity (Wildman–Crippen MR) is 92.2 cm³/mol. The summed E-state index contributed by atoms with van der Waals surface area (Å²) in [7, 11) is 0. The molecule has 132 valence electrons. The van der Waals surface area contributed by atoms with Crippen molar-refractivity contribution in [3.05, 3.63) is 42.2 Å². The van der Waals surface area contributed by atoms with Crippen LogP contribution in [0.4, 0.5) is 0 Å². The summed E-state index contributed by atoms with van der Waals surface area (Å²) in [5.74, 6) is 0.159. The molecule has 3 heterocycles. The largest absolute Gasteiger partial charge is 0.368 e. The van der Waals surface area contributed by atoms with Gasteiger partial charge in [-0.3, -0.25) is 9.69 Å². The second-order valence-electron chi connectivity index (χ2n) is 6.56. The van der Waals surface area contributed by atoms with Crippen LogP contribution in [0.3, 0.4) is 0 Å². The van der Waals surface area contributed by atoms with E-state index in [0.29, 0.717) is 6.61 Å². The zero-order valence-corrected chi connectivity index (χ0v) is 14.3. The highest BCUT2D eigenvalue weighted by Crippen LogP contribution is 2.16. The minimum atomic E-state index is -0.211. The molecule has 0 spiro atoms. The normalized spacial score (nSPS) is 21.6. The molecule has 4 rings (SSSR count). The first kappa shape index (κ1) is 16.2. The molecule has 2 aliphatic heterocycles. The maximum absolute atomic E-state index is 12.4. The quantitative estimate of drug-likeness (QED) is 0.833. The zero-order chi connectivity index (χ0) is 17.1. The molecule has 1 aromatic heterocycles. The molecule has 7 nitrogen and oxygen atoms in total. The molecule has 1 aromatic carbocycles. The Kier molecular flexibility index (Phi) is 4.76. The Morgan fingerprint density at radius 3 is 2.68 bits per heavy atom. The molecule has 7 heteroatoms. The molecule has 2 fully saturated rings. The van der Waals surface area contributed by atoms with Crippen LogP contribution in [-0.2, 0) is 16.1 Å². The predicted octanol–water partition coefficient (Wildman–Crippen LogP) is 1.09. The Bertz CT molecular complexity index is 703. The Morgan fingerprint density at radius 2 is 1.96 bits per heavy atom. The molecule has 1 atom stereocenters. The highest BCUT2D eigenvalue weighted by molar-refractivity contribution is 5.81. The minimum Gasteiger partial charge on any atom is -0.368 e. The van der Waals surface area contributed by atoms with E-state index in [-0.39, 0.29) is 12.0 Å². The summed E-state index contributed by atoms with van der Waals surface area (Å²) in [5.41, 5.74) is 1.91. The topological polar surface area (TPSA) is 63.5 Å². The fraction of sp³-hybridized carbons (Fsp3) is 0.500. The van der Waals surface area contributed by atoms with Gasteiger partial charge in [-0.15, -0.1) is 0 Å². The number of rotatable bonds is 4.